The molecule has 0 aliphatic heterocycles. The largest absolute Gasteiger partial charge is 0.394 e. The number of nitrogens with two attached hydrogens (primary N) is 1. The average molecular weight is 532 g/mol. The van der Waals surface area contributed by atoms with E-state index in [1.54, 1.807) is 54.7 Å². The van der Waals surface area contributed by atoms with Gasteiger partial charge in [-0.3, -0.25) is 5.14 Å². The number of carbonyl (C=O) groups excluding carboxylic acids is 1. The van der Waals surface area contributed by atoms with Crippen LogP contribution in [0.2, 0.25) is 0 Å². The van der Waals surface area contributed by atoms with Crippen molar-refractivity contribution in [3.05, 3.63) is 85.1 Å². The first-order valence-electron chi connectivity index (χ1n) is 11.7. The maximum absolute atomic E-state index is 12.3. The van der Waals surface area contributed by atoms with Gasteiger partial charge in [-0.05, 0) is 66.9 Å². The Labute approximate surface area is 221 Å². The highest BCUT2D eigenvalue weighted by Crippen LogP contribution is 2.29. The standard InChI is InChI=1S/C27H29N7O3S/c1-18(17-35)30-25-24(16-29-26(34-25)31-21-12-14-23(15-13-21)38(2,28)37)19-8-10-22(11-9-19)33-27(36)32-20-6-4-3-5-7-20/h3-16,18,35H,2,17H2,1H3,(H2,28,37)(H2,32,33,36)(H2,29,30,31,34)/t18-,38?/m1/s1. The third kappa shape index (κ3) is 7.07. The molecule has 0 fully saturated rings. The van der Waals surface area contributed by atoms with Crippen molar-refractivity contribution in [1.29, 1.82) is 0 Å². The van der Waals surface area contributed by atoms with E-state index in [1.807, 2.05) is 37.3 Å². The molecule has 0 aliphatic carbocycles. The molecule has 4 rings (SSSR count). The molecule has 0 saturated carbocycles. The summed E-state index contributed by atoms with van der Waals surface area (Å²) in [6, 6.07) is 22.5. The molecule has 2 atom stereocenters. The summed E-state index contributed by atoms with van der Waals surface area (Å²) >= 11 is 0. The van der Waals surface area contributed by atoms with Crippen LogP contribution in [0.5, 0.6) is 0 Å². The van der Waals surface area contributed by atoms with E-state index >= 15 is 0 Å². The number of aromatic nitrogens is 2. The molecular formula is C27H29N7O3S. The number of carbonyl (C=O) groups is 1. The number of urea groups is 1. The number of nitrogens with one attached hydrogen (secondary N) is 4. The topological polar surface area (TPSA) is 154 Å². The number of nitrogens with zero attached hydrogens (tertiary/aromatic N) is 2. The van der Waals surface area contributed by atoms with Crippen molar-refractivity contribution in [3.63, 3.8) is 0 Å². The molecule has 1 unspecified atom stereocenters. The van der Waals surface area contributed by atoms with Crippen molar-refractivity contribution in [1.82, 2.24) is 9.97 Å². The maximum Gasteiger partial charge on any atom is 0.323 e. The molecule has 196 valence electrons. The molecule has 2 amide bonds. The molecule has 3 aromatic carbocycles. The number of aliphatic hydroxyl groups excluding tert-OH is 1. The summed E-state index contributed by atoms with van der Waals surface area (Å²) in [4.78, 5) is 21.8. The fraction of sp³-hybridized carbons (Fsp3) is 0.111. The molecule has 0 spiro atoms. The molecule has 1 heterocycles. The van der Waals surface area contributed by atoms with Gasteiger partial charge in [0.25, 0.3) is 0 Å². The lowest BCUT2D eigenvalue weighted by molar-refractivity contribution is 0.262. The molecule has 7 N–H and O–H groups in total. The van der Waals surface area contributed by atoms with E-state index in [0.29, 0.717) is 39.3 Å². The van der Waals surface area contributed by atoms with Gasteiger partial charge in [0.05, 0.1) is 16.3 Å². The predicted molar refractivity (Wildman–Crippen MR) is 154 cm³/mol. The Morgan fingerprint density at radius 3 is 2.18 bits per heavy atom. The Bertz CT molecular complexity index is 1490. The second-order valence-electron chi connectivity index (χ2n) is 8.58. The molecule has 11 heteroatoms. The maximum atomic E-state index is 12.3. The second-order valence-corrected chi connectivity index (χ2v) is 10.5. The van der Waals surface area contributed by atoms with E-state index in [4.69, 9.17) is 5.14 Å². The summed E-state index contributed by atoms with van der Waals surface area (Å²) in [5.74, 6) is 4.33. The lowest BCUT2D eigenvalue weighted by Gasteiger charge is -2.17. The summed E-state index contributed by atoms with van der Waals surface area (Å²) in [7, 11) is -2.80. The van der Waals surface area contributed by atoms with Crippen LogP contribution in [-0.4, -0.2) is 43.8 Å². The highest BCUT2D eigenvalue weighted by molar-refractivity contribution is 7.98. The van der Waals surface area contributed by atoms with Crippen LogP contribution in [0.4, 0.5) is 33.6 Å². The van der Waals surface area contributed by atoms with Gasteiger partial charge in [-0.1, -0.05) is 30.3 Å². The smallest absolute Gasteiger partial charge is 0.323 e. The fourth-order valence-corrected chi connectivity index (χ4v) is 4.08. The van der Waals surface area contributed by atoms with Gasteiger partial charge in [-0.2, -0.15) is 4.98 Å². The molecule has 38 heavy (non-hydrogen) atoms. The first kappa shape index (κ1) is 26.6. The van der Waals surface area contributed by atoms with Gasteiger partial charge in [-0.25, -0.2) is 14.0 Å². The van der Waals surface area contributed by atoms with Crippen LogP contribution in [0.1, 0.15) is 6.92 Å². The summed E-state index contributed by atoms with van der Waals surface area (Å²) in [6.07, 6.45) is 1.67. The second kappa shape index (κ2) is 11.7. The Balaban J connectivity index is 1.52. The average Bonchev–Trinajstić information content (AvgIpc) is 2.90. The van der Waals surface area contributed by atoms with Crippen molar-refractivity contribution in [2.45, 2.75) is 17.9 Å². The van der Waals surface area contributed by atoms with Crippen LogP contribution in [0.25, 0.3) is 11.1 Å². The zero-order chi connectivity index (χ0) is 27.1. The lowest BCUT2D eigenvalue weighted by atomic mass is 10.1. The van der Waals surface area contributed by atoms with Crippen LogP contribution in [0.3, 0.4) is 0 Å². The Kier molecular flexibility index (Phi) is 8.22. The van der Waals surface area contributed by atoms with Gasteiger partial charge in [0.15, 0.2) is 0 Å². The van der Waals surface area contributed by atoms with Crippen LogP contribution in [-0.2, 0) is 9.71 Å². The number of hydrogen-bond donors (Lipinski definition) is 6. The van der Waals surface area contributed by atoms with Crippen molar-refractivity contribution in [3.8, 4) is 11.1 Å². The number of aliphatic hydroxyl groups is 1. The number of rotatable bonds is 9. The molecule has 0 radical (unpaired) electrons. The van der Waals surface area contributed by atoms with Crippen molar-refractivity contribution < 1.29 is 14.1 Å². The van der Waals surface area contributed by atoms with Gasteiger partial charge < -0.3 is 26.4 Å². The Morgan fingerprint density at radius 1 is 0.974 bits per heavy atom. The molecular weight excluding hydrogens is 502 g/mol. The number of amides is 2. The van der Waals surface area contributed by atoms with Gasteiger partial charge in [0, 0.05) is 39.8 Å². The first-order chi connectivity index (χ1) is 18.2. The minimum atomic E-state index is -2.80. The monoisotopic (exact) mass is 531 g/mol. The summed E-state index contributed by atoms with van der Waals surface area (Å²) in [5, 5.41) is 27.1. The summed E-state index contributed by atoms with van der Waals surface area (Å²) in [5.41, 5.74) is 3.52. The van der Waals surface area contributed by atoms with Crippen LogP contribution < -0.4 is 26.4 Å². The molecule has 10 nitrogen and oxygen atoms in total. The Hall–Kier alpha value is -4.45. The zero-order valence-corrected chi connectivity index (χ0v) is 21.5. The first-order valence-corrected chi connectivity index (χ1v) is 13.5. The third-order valence-corrected chi connectivity index (χ3v) is 6.51. The van der Waals surface area contributed by atoms with Crippen LogP contribution in [0.15, 0.2) is 90.0 Å². The minimum absolute atomic E-state index is 0.0868. The molecule has 0 bridgehead atoms. The van der Waals surface area contributed by atoms with E-state index in [1.165, 1.54) is 0 Å². The van der Waals surface area contributed by atoms with E-state index in [-0.39, 0.29) is 18.7 Å². The van der Waals surface area contributed by atoms with Gasteiger partial charge >= 0.3 is 6.03 Å². The summed E-state index contributed by atoms with van der Waals surface area (Å²) in [6.45, 7) is 1.75. The number of anilines is 5. The third-order valence-electron chi connectivity index (χ3n) is 5.44. The molecule has 0 aliphatic rings. The van der Waals surface area contributed by atoms with Crippen molar-refractivity contribution in [2.75, 3.05) is 27.9 Å². The van der Waals surface area contributed by atoms with Gasteiger partial charge in [-0.15, -0.1) is 0 Å². The predicted octanol–water partition coefficient (Wildman–Crippen LogP) is 4.27. The van der Waals surface area contributed by atoms with E-state index in [0.717, 1.165) is 5.56 Å². The summed E-state index contributed by atoms with van der Waals surface area (Å²) < 4.78 is 11.9. The number of para-hydroxylation sites is 1. The van der Waals surface area contributed by atoms with Gasteiger partial charge in [0.2, 0.25) is 5.95 Å². The fourth-order valence-electron chi connectivity index (χ4n) is 3.49. The highest BCUT2D eigenvalue weighted by Gasteiger charge is 2.13. The van der Waals surface area contributed by atoms with Crippen LogP contribution in [0, 0.1) is 0 Å². The highest BCUT2D eigenvalue weighted by atomic mass is 32.2. The van der Waals surface area contributed by atoms with Crippen molar-refractivity contribution >= 4 is 50.4 Å². The van der Waals surface area contributed by atoms with Gasteiger partial charge in [0.1, 0.15) is 5.82 Å². The molecule has 4 aromatic rings. The number of hydrogen-bond acceptors (Lipinski definition) is 7. The molecule has 1 aromatic heterocycles. The van der Waals surface area contributed by atoms with Crippen molar-refractivity contribution in [2.24, 2.45) is 5.14 Å². The van der Waals surface area contributed by atoms with E-state index in [9.17, 15) is 14.1 Å². The minimum Gasteiger partial charge on any atom is -0.394 e. The van der Waals surface area contributed by atoms with E-state index in [2.05, 4.69) is 37.1 Å². The SMILES string of the molecule is C=S(N)(=O)c1ccc(Nc2ncc(-c3ccc(NC(=O)Nc4ccccc4)cc3)c(N[C@H](C)CO)n2)cc1. The Morgan fingerprint density at radius 2 is 1.58 bits per heavy atom. The zero-order valence-electron chi connectivity index (χ0n) is 20.7. The van der Waals surface area contributed by atoms with Crippen LogP contribution >= 0.6 is 0 Å². The quantitative estimate of drug-likeness (QED) is 0.176. The lowest BCUT2D eigenvalue weighted by Crippen LogP contribution is -2.21. The molecule has 0 saturated heterocycles. The van der Waals surface area contributed by atoms with E-state index < -0.39 is 9.71 Å². The normalized spacial score (nSPS) is 13.1. The number of benzene rings is 3.